The quantitative estimate of drug-likeness (QED) is 0.546. The smallest absolute Gasteiger partial charge is 0.306 e. The van der Waals surface area contributed by atoms with Crippen molar-refractivity contribution < 1.29 is 26.7 Å². The molecule has 0 spiro atoms. The van der Waals surface area contributed by atoms with Crippen molar-refractivity contribution in [3.05, 3.63) is 11.3 Å². The largest absolute Gasteiger partial charge is 0.466 e. The van der Waals surface area contributed by atoms with Crippen molar-refractivity contribution in [3.63, 3.8) is 0 Å². The highest BCUT2D eigenvalue weighted by atomic mass is 32.2. The minimum Gasteiger partial charge on any atom is -0.466 e. The molecule has 7 nitrogen and oxygen atoms in total. The van der Waals surface area contributed by atoms with Crippen LogP contribution in [0.25, 0.3) is 0 Å². The maximum absolute atomic E-state index is 14.2. The Hall–Kier alpha value is -1.84. The molecular weight excluding hydrogens is 380 g/mol. The maximum Gasteiger partial charge on any atom is 0.306 e. The molecule has 1 saturated carbocycles. The van der Waals surface area contributed by atoms with Gasteiger partial charge in [-0.15, -0.1) is 0 Å². The topological polar surface area (TPSA) is 89.5 Å². The number of carbonyl (C=O) groups excluding carboxylic acids is 1. The van der Waals surface area contributed by atoms with Crippen LogP contribution in [0, 0.1) is 17.8 Å². The Labute approximate surface area is 156 Å². The molecule has 3 aliphatic rings. The molecule has 2 heterocycles. The lowest BCUT2D eigenvalue weighted by Crippen LogP contribution is -2.28. The van der Waals surface area contributed by atoms with Crippen molar-refractivity contribution in [3.8, 4) is 0 Å². The SMILES string of the molecule is CCOC(=O)C[C@H]1[C@H]2CN(c3nc(S(C)(=O)=O)nc4c3CCC4(F)F)C[C@@H]12. The summed E-state index contributed by atoms with van der Waals surface area (Å²) in [7, 11) is -3.81. The van der Waals surface area contributed by atoms with Crippen molar-refractivity contribution >= 4 is 21.6 Å². The fourth-order valence-corrected chi connectivity index (χ4v) is 4.86. The normalized spacial score (nSPS) is 28.0. The van der Waals surface area contributed by atoms with E-state index in [1.54, 1.807) is 6.92 Å². The van der Waals surface area contributed by atoms with E-state index >= 15 is 0 Å². The van der Waals surface area contributed by atoms with Gasteiger partial charge in [0.1, 0.15) is 11.5 Å². The molecule has 2 fully saturated rings. The minimum absolute atomic E-state index is 0.125. The van der Waals surface area contributed by atoms with E-state index in [1.807, 2.05) is 4.90 Å². The highest BCUT2D eigenvalue weighted by molar-refractivity contribution is 7.90. The van der Waals surface area contributed by atoms with Gasteiger partial charge >= 0.3 is 5.97 Å². The number of hydrogen-bond acceptors (Lipinski definition) is 7. The number of hydrogen-bond donors (Lipinski definition) is 0. The predicted molar refractivity (Wildman–Crippen MR) is 91.3 cm³/mol. The maximum atomic E-state index is 14.2. The molecule has 10 heteroatoms. The van der Waals surface area contributed by atoms with Crippen LogP contribution in [0.2, 0.25) is 0 Å². The van der Waals surface area contributed by atoms with E-state index in [4.69, 9.17) is 4.74 Å². The Balaban J connectivity index is 1.58. The number of anilines is 1. The number of esters is 1. The van der Waals surface area contributed by atoms with Gasteiger partial charge in [-0.2, -0.15) is 8.78 Å². The van der Waals surface area contributed by atoms with Crippen molar-refractivity contribution in [2.45, 2.75) is 37.3 Å². The van der Waals surface area contributed by atoms with Crippen LogP contribution in [0.4, 0.5) is 14.6 Å². The summed E-state index contributed by atoms with van der Waals surface area (Å²) in [6.07, 6.45) is 1.02. The van der Waals surface area contributed by atoms with Crippen LogP contribution < -0.4 is 4.90 Å². The van der Waals surface area contributed by atoms with Crippen LogP contribution in [-0.4, -0.2) is 50.3 Å². The average molecular weight is 401 g/mol. The van der Waals surface area contributed by atoms with Crippen molar-refractivity contribution in [1.82, 2.24) is 9.97 Å². The average Bonchev–Trinajstić information content (AvgIpc) is 2.93. The number of aromatic nitrogens is 2. The first-order chi connectivity index (χ1) is 12.6. The van der Waals surface area contributed by atoms with Crippen LogP contribution in [0.3, 0.4) is 0 Å². The fourth-order valence-electron chi connectivity index (χ4n) is 4.35. The molecule has 1 aromatic heterocycles. The summed E-state index contributed by atoms with van der Waals surface area (Å²) in [6.45, 7) is 3.26. The molecule has 0 N–H and O–H groups in total. The second kappa shape index (κ2) is 6.08. The number of rotatable bonds is 5. The Bertz CT molecular complexity index is 894. The zero-order valence-electron chi connectivity index (χ0n) is 15.1. The second-order valence-corrected chi connectivity index (χ2v) is 9.45. The molecule has 1 aromatic rings. The predicted octanol–water partition coefficient (Wildman–Crippen LogP) is 1.55. The summed E-state index contributed by atoms with van der Waals surface area (Å²) in [6, 6.07) is 0. The lowest BCUT2D eigenvalue weighted by molar-refractivity contribution is -0.143. The summed E-state index contributed by atoms with van der Waals surface area (Å²) in [5, 5.41) is -0.554. The number of halogens is 2. The number of carbonyl (C=O) groups is 1. The lowest BCUT2D eigenvalue weighted by atomic mass is 10.1. The molecule has 3 atom stereocenters. The van der Waals surface area contributed by atoms with Gasteiger partial charge in [0.2, 0.25) is 15.0 Å². The van der Waals surface area contributed by atoms with Gasteiger partial charge in [0.15, 0.2) is 0 Å². The third-order valence-corrected chi connectivity index (χ3v) is 6.56. The molecule has 0 unspecified atom stereocenters. The van der Waals surface area contributed by atoms with Crippen molar-refractivity contribution in [1.29, 1.82) is 0 Å². The van der Waals surface area contributed by atoms with Gasteiger partial charge in [0.05, 0.1) is 6.61 Å². The number of nitrogens with zero attached hydrogens (tertiary/aromatic N) is 3. The molecule has 27 heavy (non-hydrogen) atoms. The zero-order valence-corrected chi connectivity index (χ0v) is 15.9. The monoisotopic (exact) mass is 401 g/mol. The molecule has 0 radical (unpaired) electrons. The molecule has 2 aliphatic carbocycles. The highest BCUT2D eigenvalue weighted by Crippen LogP contribution is 2.55. The number of fused-ring (bicyclic) bond motifs is 2. The molecule has 4 rings (SSSR count). The molecule has 148 valence electrons. The standard InChI is InChI=1S/C17H21F2N3O4S/c1-3-26-13(23)6-10-11-7-22(8-12(10)11)15-9-4-5-17(18,19)14(9)20-16(21-15)27(2,24)25/h10-12H,3-8H2,1-2H3/t10-,11+,12-. The summed E-state index contributed by atoms with van der Waals surface area (Å²) in [4.78, 5) is 21.3. The first-order valence-electron chi connectivity index (χ1n) is 9.01. The van der Waals surface area contributed by atoms with Crippen LogP contribution in [0.15, 0.2) is 5.16 Å². The van der Waals surface area contributed by atoms with E-state index in [9.17, 15) is 22.0 Å². The number of alkyl halides is 2. The third-order valence-electron chi connectivity index (χ3n) is 5.71. The Kier molecular flexibility index (Phi) is 4.17. The van der Waals surface area contributed by atoms with Crippen molar-refractivity contribution in [2.75, 3.05) is 30.9 Å². The van der Waals surface area contributed by atoms with Crippen LogP contribution >= 0.6 is 0 Å². The van der Waals surface area contributed by atoms with Gasteiger partial charge in [0, 0.05) is 37.8 Å². The molecule has 0 bridgehead atoms. The van der Waals surface area contributed by atoms with E-state index in [2.05, 4.69) is 9.97 Å². The van der Waals surface area contributed by atoms with E-state index in [0.717, 1.165) is 6.26 Å². The van der Waals surface area contributed by atoms with Gasteiger partial charge < -0.3 is 9.64 Å². The molecular formula is C17H21F2N3O4S. The Morgan fingerprint density at radius 3 is 2.56 bits per heavy atom. The number of ether oxygens (including phenoxy) is 1. The second-order valence-electron chi connectivity index (χ2n) is 7.54. The number of piperidine rings is 1. The van der Waals surface area contributed by atoms with Crippen molar-refractivity contribution in [2.24, 2.45) is 17.8 Å². The van der Waals surface area contributed by atoms with Gasteiger partial charge in [-0.25, -0.2) is 18.4 Å². The number of sulfone groups is 1. The van der Waals surface area contributed by atoms with E-state index in [-0.39, 0.29) is 36.6 Å². The van der Waals surface area contributed by atoms with E-state index in [1.165, 1.54) is 0 Å². The fraction of sp³-hybridized carbons (Fsp3) is 0.706. The van der Waals surface area contributed by atoms with Crippen LogP contribution in [-0.2, 0) is 31.7 Å². The van der Waals surface area contributed by atoms with Gasteiger partial charge in [-0.3, -0.25) is 4.79 Å². The minimum atomic E-state index is -3.81. The summed E-state index contributed by atoms with van der Waals surface area (Å²) >= 11 is 0. The molecule has 1 saturated heterocycles. The van der Waals surface area contributed by atoms with E-state index < -0.39 is 26.6 Å². The van der Waals surface area contributed by atoms with Gasteiger partial charge in [-0.1, -0.05) is 0 Å². The van der Waals surface area contributed by atoms with Crippen LogP contribution in [0.5, 0.6) is 0 Å². The molecule has 0 aromatic carbocycles. The summed E-state index contributed by atoms with van der Waals surface area (Å²) in [5.41, 5.74) is -0.118. The first-order valence-corrected chi connectivity index (χ1v) is 10.9. The summed E-state index contributed by atoms with van der Waals surface area (Å²) < 4.78 is 57.1. The summed E-state index contributed by atoms with van der Waals surface area (Å²) in [5.74, 6) is -2.25. The van der Waals surface area contributed by atoms with Gasteiger partial charge in [-0.05, 0) is 31.1 Å². The first kappa shape index (κ1) is 18.5. The lowest BCUT2D eigenvalue weighted by Gasteiger charge is -2.24. The van der Waals surface area contributed by atoms with Gasteiger partial charge in [0.25, 0.3) is 5.92 Å². The zero-order chi connectivity index (χ0) is 19.6. The van der Waals surface area contributed by atoms with E-state index in [0.29, 0.717) is 37.5 Å². The third kappa shape index (κ3) is 3.17. The Morgan fingerprint density at radius 2 is 1.96 bits per heavy atom. The van der Waals surface area contributed by atoms with Crippen LogP contribution in [0.1, 0.15) is 31.0 Å². The Morgan fingerprint density at radius 1 is 1.30 bits per heavy atom. The molecule has 0 amide bonds. The molecule has 1 aliphatic heterocycles. The highest BCUT2D eigenvalue weighted by Gasteiger charge is 2.57.